The molecule has 2 aliphatic rings. The first-order chi connectivity index (χ1) is 10.3. The first-order valence-electron chi connectivity index (χ1n) is 7.59. The summed E-state index contributed by atoms with van der Waals surface area (Å²) in [7, 11) is 1.65. The summed E-state index contributed by atoms with van der Waals surface area (Å²) in [5, 5.41) is 3.03. The van der Waals surface area contributed by atoms with Crippen molar-refractivity contribution in [2.24, 2.45) is 5.92 Å². The van der Waals surface area contributed by atoms with E-state index in [1.165, 1.54) is 0 Å². The van der Waals surface area contributed by atoms with E-state index < -0.39 is 0 Å². The van der Waals surface area contributed by atoms with Crippen molar-refractivity contribution < 1.29 is 14.3 Å². The van der Waals surface area contributed by atoms with E-state index in [1.807, 2.05) is 17.0 Å². The molecule has 1 saturated heterocycles. The first-order valence-corrected chi connectivity index (χ1v) is 7.59. The molecule has 0 saturated carbocycles. The van der Waals surface area contributed by atoms with E-state index in [1.54, 1.807) is 7.11 Å². The summed E-state index contributed by atoms with van der Waals surface area (Å²) in [5.41, 5.74) is 1.15. The second-order valence-electron chi connectivity index (χ2n) is 5.71. The molecule has 0 aliphatic carbocycles. The van der Waals surface area contributed by atoms with E-state index in [0.29, 0.717) is 19.1 Å². The number of nitrogens with one attached hydrogen (secondary N) is 1. The second kappa shape index (κ2) is 6.24. The summed E-state index contributed by atoms with van der Waals surface area (Å²) in [6.07, 6.45) is 3.15. The van der Waals surface area contributed by atoms with Gasteiger partial charge in [0, 0.05) is 25.6 Å². The van der Waals surface area contributed by atoms with Crippen molar-refractivity contribution in [2.75, 3.05) is 33.4 Å². The van der Waals surface area contributed by atoms with Crippen molar-refractivity contribution in [2.45, 2.75) is 19.3 Å². The molecule has 3 rings (SSSR count). The van der Waals surface area contributed by atoms with Gasteiger partial charge in [-0.1, -0.05) is 12.1 Å². The number of amides is 2. The van der Waals surface area contributed by atoms with Gasteiger partial charge in [0.15, 0.2) is 11.5 Å². The van der Waals surface area contributed by atoms with Crippen molar-refractivity contribution in [3.05, 3.63) is 23.8 Å². The lowest BCUT2D eigenvalue weighted by molar-refractivity contribution is 0.191. The molecule has 2 amide bonds. The van der Waals surface area contributed by atoms with Crippen LogP contribution in [0.5, 0.6) is 11.5 Å². The molecule has 0 bridgehead atoms. The van der Waals surface area contributed by atoms with Crippen LogP contribution < -0.4 is 14.8 Å². The van der Waals surface area contributed by atoms with Crippen LogP contribution in [0.4, 0.5) is 4.79 Å². The quantitative estimate of drug-likeness (QED) is 0.927. The molecule has 0 radical (unpaired) electrons. The fraction of sp³-hybridized carbons (Fsp3) is 0.562. The number of hydrogen-bond acceptors (Lipinski definition) is 3. The number of likely N-dealkylation sites (tertiary alicyclic amines) is 1. The lowest BCUT2D eigenvalue weighted by Gasteiger charge is -2.27. The number of urea groups is 1. The summed E-state index contributed by atoms with van der Waals surface area (Å²) < 4.78 is 11.1. The van der Waals surface area contributed by atoms with Gasteiger partial charge in [-0.2, -0.15) is 0 Å². The van der Waals surface area contributed by atoms with Crippen molar-refractivity contribution >= 4 is 6.03 Å². The molecule has 2 heterocycles. The van der Waals surface area contributed by atoms with Crippen LogP contribution in [0.3, 0.4) is 0 Å². The molecule has 1 aromatic carbocycles. The molecule has 1 N–H and O–H groups in total. The number of ether oxygens (including phenoxy) is 2. The molecule has 0 unspecified atom stereocenters. The maximum absolute atomic E-state index is 12.0. The number of carbonyl (C=O) groups excluding carboxylic acids is 1. The molecule has 5 nitrogen and oxygen atoms in total. The van der Waals surface area contributed by atoms with E-state index in [9.17, 15) is 4.79 Å². The molecule has 21 heavy (non-hydrogen) atoms. The Morgan fingerprint density at radius 2 is 2.24 bits per heavy atom. The third-order valence-electron chi connectivity index (χ3n) is 4.19. The Labute approximate surface area is 125 Å². The molecule has 1 fully saturated rings. The van der Waals surface area contributed by atoms with Gasteiger partial charge in [0.2, 0.25) is 0 Å². The highest BCUT2D eigenvalue weighted by atomic mass is 16.5. The Hall–Kier alpha value is -1.91. The number of methoxy groups -OCH3 is 1. The summed E-state index contributed by atoms with van der Waals surface area (Å²) >= 11 is 0. The zero-order chi connectivity index (χ0) is 14.7. The van der Waals surface area contributed by atoms with Gasteiger partial charge in [0.05, 0.1) is 13.7 Å². The molecule has 0 aromatic heterocycles. The van der Waals surface area contributed by atoms with E-state index in [-0.39, 0.29) is 6.03 Å². The molecule has 1 aromatic rings. The number of benzene rings is 1. The standard InChI is InChI=1S/C16H22N2O3/c1-20-14-6-4-5-13-9-12(11-21-15(13)14)10-17-16(19)18-7-2-3-8-18/h4-6,12H,2-3,7-11H2,1H3,(H,17,19)/t12-/m0/s1. The van der Waals surface area contributed by atoms with E-state index in [2.05, 4.69) is 11.4 Å². The van der Waals surface area contributed by atoms with Gasteiger partial charge >= 0.3 is 6.03 Å². The Balaban J connectivity index is 1.55. The minimum Gasteiger partial charge on any atom is -0.493 e. The van der Waals surface area contributed by atoms with E-state index in [0.717, 1.165) is 49.4 Å². The largest absolute Gasteiger partial charge is 0.493 e. The fourth-order valence-corrected chi connectivity index (χ4v) is 3.01. The monoisotopic (exact) mass is 290 g/mol. The number of hydrogen-bond donors (Lipinski definition) is 1. The summed E-state index contributed by atoms with van der Waals surface area (Å²) in [6, 6.07) is 6.01. The van der Waals surface area contributed by atoms with Crippen LogP contribution >= 0.6 is 0 Å². The molecule has 1 atom stereocenters. The van der Waals surface area contributed by atoms with Crippen LogP contribution in [0.2, 0.25) is 0 Å². The van der Waals surface area contributed by atoms with E-state index in [4.69, 9.17) is 9.47 Å². The zero-order valence-corrected chi connectivity index (χ0v) is 12.4. The van der Waals surface area contributed by atoms with Gasteiger partial charge in [-0.25, -0.2) is 4.79 Å². The van der Waals surface area contributed by atoms with Gasteiger partial charge < -0.3 is 19.7 Å². The Bertz CT molecular complexity index is 512. The summed E-state index contributed by atoms with van der Waals surface area (Å²) in [6.45, 7) is 3.04. The topological polar surface area (TPSA) is 50.8 Å². The average molecular weight is 290 g/mol. The van der Waals surface area contributed by atoms with Gasteiger partial charge in [-0.05, 0) is 30.9 Å². The molecule has 0 spiro atoms. The van der Waals surface area contributed by atoms with Gasteiger partial charge in [0.25, 0.3) is 0 Å². The lowest BCUT2D eigenvalue weighted by atomic mass is 9.96. The minimum atomic E-state index is 0.0592. The van der Waals surface area contributed by atoms with Crippen molar-refractivity contribution in [1.82, 2.24) is 10.2 Å². The van der Waals surface area contributed by atoms with Crippen molar-refractivity contribution in [3.63, 3.8) is 0 Å². The highest BCUT2D eigenvalue weighted by Gasteiger charge is 2.24. The predicted octanol–water partition coefficient (Wildman–Crippen LogP) is 2.05. The number of carbonyl (C=O) groups is 1. The van der Waals surface area contributed by atoms with E-state index >= 15 is 0 Å². The predicted molar refractivity (Wildman–Crippen MR) is 79.9 cm³/mol. The van der Waals surface area contributed by atoms with Crippen molar-refractivity contribution in [1.29, 1.82) is 0 Å². The van der Waals surface area contributed by atoms with Gasteiger partial charge in [0.1, 0.15) is 0 Å². The number of nitrogens with zero attached hydrogens (tertiary/aromatic N) is 1. The molecule has 2 aliphatic heterocycles. The summed E-state index contributed by atoms with van der Waals surface area (Å²) in [4.78, 5) is 13.9. The number of rotatable bonds is 3. The second-order valence-corrected chi connectivity index (χ2v) is 5.71. The average Bonchev–Trinajstić information content (AvgIpc) is 3.06. The molecular weight excluding hydrogens is 268 g/mol. The number of para-hydroxylation sites is 1. The normalized spacial score (nSPS) is 20.6. The molecule has 5 heteroatoms. The first kappa shape index (κ1) is 14.0. The minimum absolute atomic E-state index is 0.0592. The fourth-order valence-electron chi connectivity index (χ4n) is 3.01. The smallest absolute Gasteiger partial charge is 0.317 e. The summed E-state index contributed by atoms with van der Waals surface area (Å²) in [5.74, 6) is 1.95. The van der Waals surface area contributed by atoms with Crippen LogP contribution in [-0.4, -0.2) is 44.3 Å². The highest BCUT2D eigenvalue weighted by Crippen LogP contribution is 2.35. The van der Waals surface area contributed by atoms with Gasteiger partial charge in [-0.15, -0.1) is 0 Å². The van der Waals surface area contributed by atoms with Crippen LogP contribution in [0, 0.1) is 5.92 Å². The number of fused-ring (bicyclic) bond motifs is 1. The third kappa shape index (κ3) is 3.06. The maximum Gasteiger partial charge on any atom is 0.317 e. The van der Waals surface area contributed by atoms with Crippen LogP contribution in [-0.2, 0) is 6.42 Å². The Morgan fingerprint density at radius 1 is 1.43 bits per heavy atom. The zero-order valence-electron chi connectivity index (χ0n) is 12.4. The Kier molecular flexibility index (Phi) is 4.18. The maximum atomic E-state index is 12.0. The van der Waals surface area contributed by atoms with Crippen LogP contribution in [0.1, 0.15) is 18.4 Å². The van der Waals surface area contributed by atoms with Crippen LogP contribution in [0.15, 0.2) is 18.2 Å². The highest BCUT2D eigenvalue weighted by molar-refractivity contribution is 5.74. The van der Waals surface area contributed by atoms with Gasteiger partial charge in [-0.3, -0.25) is 0 Å². The van der Waals surface area contributed by atoms with Crippen LogP contribution in [0.25, 0.3) is 0 Å². The molecular formula is C16H22N2O3. The third-order valence-corrected chi connectivity index (χ3v) is 4.19. The lowest BCUT2D eigenvalue weighted by Crippen LogP contribution is -2.42. The molecule has 114 valence electrons. The SMILES string of the molecule is COc1cccc2c1OC[C@H](CNC(=O)N1CCCC1)C2. The van der Waals surface area contributed by atoms with Crippen molar-refractivity contribution in [3.8, 4) is 11.5 Å². The Morgan fingerprint density at radius 3 is 3.00 bits per heavy atom.